The molecule has 0 radical (unpaired) electrons. The molecule has 1 unspecified atom stereocenters. The highest BCUT2D eigenvalue weighted by molar-refractivity contribution is 7.18. The Morgan fingerprint density at radius 1 is 1.59 bits per heavy atom. The Morgan fingerprint density at radius 3 is 3.00 bits per heavy atom. The predicted octanol–water partition coefficient (Wildman–Crippen LogP) is 1.36. The number of amides is 1. The van der Waals surface area contributed by atoms with Crippen molar-refractivity contribution in [3.05, 3.63) is 29.3 Å². The first-order valence-corrected chi connectivity index (χ1v) is 5.94. The average molecular weight is 251 g/mol. The van der Waals surface area contributed by atoms with Crippen LogP contribution in [0.15, 0.2) is 24.3 Å². The molecule has 1 aromatic heterocycles. The quantitative estimate of drug-likeness (QED) is 0.488. The van der Waals surface area contributed by atoms with E-state index in [-0.39, 0.29) is 18.4 Å². The first-order valence-electron chi connectivity index (χ1n) is 5.12. The number of nitrogens with one attached hydrogen (secondary N) is 1. The number of thiazole rings is 1. The SMILES string of the molecule is COC(CC(=O)NN)c1nc2ccccc2s1. The van der Waals surface area contributed by atoms with Crippen molar-refractivity contribution < 1.29 is 9.53 Å². The van der Waals surface area contributed by atoms with E-state index in [4.69, 9.17) is 10.6 Å². The molecule has 0 aliphatic heterocycles. The highest BCUT2D eigenvalue weighted by Crippen LogP contribution is 2.29. The molecule has 0 fully saturated rings. The minimum Gasteiger partial charge on any atom is -0.374 e. The molecular weight excluding hydrogens is 238 g/mol. The molecule has 6 heteroatoms. The monoisotopic (exact) mass is 251 g/mol. The van der Waals surface area contributed by atoms with Crippen LogP contribution in [0.4, 0.5) is 0 Å². The molecule has 0 bridgehead atoms. The van der Waals surface area contributed by atoms with E-state index in [1.54, 1.807) is 7.11 Å². The van der Waals surface area contributed by atoms with Gasteiger partial charge in [0.1, 0.15) is 11.1 Å². The third-order valence-corrected chi connectivity index (χ3v) is 3.53. The Morgan fingerprint density at radius 2 is 2.35 bits per heavy atom. The molecule has 0 spiro atoms. The van der Waals surface area contributed by atoms with Gasteiger partial charge in [-0.3, -0.25) is 10.2 Å². The maximum absolute atomic E-state index is 11.2. The summed E-state index contributed by atoms with van der Waals surface area (Å²) in [6.07, 6.45) is -0.178. The van der Waals surface area contributed by atoms with E-state index in [0.29, 0.717) is 0 Å². The van der Waals surface area contributed by atoms with Crippen molar-refractivity contribution in [1.29, 1.82) is 0 Å². The van der Waals surface area contributed by atoms with Gasteiger partial charge in [0, 0.05) is 7.11 Å². The van der Waals surface area contributed by atoms with Gasteiger partial charge in [-0.05, 0) is 12.1 Å². The van der Waals surface area contributed by atoms with E-state index in [0.717, 1.165) is 15.2 Å². The maximum Gasteiger partial charge on any atom is 0.236 e. The van der Waals surface area contributed by atoms with Crippen molar-refractivity contribution in [3.8, 4) is 0 Å². The summed E-state index contributed by atoms with van der Waals surface area (Å²) in [5.74, 6) is 4.79. The van der Waals surface area contributed by atoms with Crippen LogP contribution in [0.2, 0.25) is 0 Å². The molecule has 0 saturated heterocycles. The number of carbonyl (C=O) groups excluding carboxylic acids is 1. The Balaban J connectivity index is 2.27. The molecule has 0 aliphatic carbocycles. The topological polar surface area (TPSA) is 77.2 Å². The third kappa shape index (κ3) is 2.60. The van der Waals surface area contributed by atoms with E-state index < -0.39 is 0 Å². The summed E-state index contributed by atoms with van der Waals surface area (Å²) in [6.45, 7) is 0. The Kier molecular flexibility index (Phi) is 3.68. The molecular formula is C11H13N3O2S. The molecule has 1 atom stereocenters. The lowest BCUT2D eigenvalue weighted by atomic mass is 10.2. The van der Waals surface area contributed by atoms with Crippen LogP contribution < -0.4 is 11.3 Å². The Bertz CT molecular complexity index is 493. The summed E-state index contributed by atoms with van der Waals surface area (Å²) in [6, 6.07) is 7.82. The van der Waals surface area contributed by atoms with Gasteiger partial charge in [-0.25, -0.2) is 10.8 Å². The fraction of sp³-hybridized carbons (Fsp3) is 0.273. The van der Waals surface area contributed by atoms with E-state index in [9.17, 15) is 4.79 Å². The van der Waals surface area contributed by atoms with E-state index in [1.807, 2.05) is 24.3 Å². The van der Waals surface area contributed by atoms with Crippen LogP contribution >= 0.6 is 11.3 Å². The highest BCUT2D eigenvalue weighted by Gasteiger charge is 2.18. The Labute approximate surface area is 103 Å². The van der Waals surface area contributed by atoms with Crippen LogP contribution in [0.25, 0.3) is 10.2 Å². The minimum atomic E-state index is -0.351. The standard InChI is InChI=1S/C11H13N3O2S/c1-16-8(6-10(15)14-12)11-13-7-4-2-3-5-9(7)17-11/h2-5,8H,6,12H2,1H3,(H,14,15). The summed E-state index contributed by atoms with van der Waals surface area (Å²) in [7, 11) is 1.56. The van der Waals surface area contributed by atoms with Gasteiger partial charge in [-0.1, -0.05) is 12.1 Å². The molecule has 0 aliphatic rings. The fourth-order valence-corrected chi connectivity index (χ4v) is 2.57. The van der Waals surface area contributed by atoms with Gasteiger partial charge < -0.3 is 4.74 Å². The van der Waals surface area contributed by atoms with Crippen LogP contribution in [-0.2, 0) is 9.53 Å². The van der Waals surface area contributed by atoms with E-state index in [2.05, 4.69) is 10.4 Å². The van der Waals surface area contributed by atoms with Gasteiger partial charge in [0.25, 0.3) is 0 Å². The lowest BCUT2D eigenvalue weighted by Gasteiger charge is -2.10. The largest absolute Gasteiger partial charge is 0.374 e. The van der Waals surface area contributed by atoms with Crippen LogP contribution in [0.1, 0.15) is 17.5 Å². The van der Waals surface area contributed by atoms with Crippen molar-refractivity contribution in [2.75, 3.05) is 7.11 Å². The number of hydrogen-bond acceptors (Lipinski definition) is 5. The fourth-order valence-electron chi connectivity index (χ4n) is 1.53. The van der Waals surface area contributed by atoms with Crippen molar-refractivity contribution in [3.63, 3.8) is 0 Å². The van der Waals surface area contributed by atoms with Crippen molar-refractivity contribution in [2.45, 2.75) is 12.5 Å². The molecule has 1 heterocycles. The zero-order chi connectivity index (χ0) is 12.3. The van der Waals surface area contributed by atoms with Crippen molar-refractivity contribution in [1.82, 2.24) is 10.4 Å². The summed E-state index contributed by atoms with van der Waals surface area (Å²) in [4.78, 5) is 15.7. The van der Waals surface area contributed by atoms with Gasteiger partial charge in [0.2, 0.25) is 5.91 Å². The molecule has 3 N–H and O–H groups in total. The van der Waals surface area contributed by atoms with Crippen molar-refractivity contribution in [2.24, 2.45) is 5.84 Å². The number of fused-ring (bicyclic) bond motifs is 1. The first kappa shape index (κ1) is 12.0. The molecule has 90 valence electrons. The highest BCUT2D eigenvalue weighted by atomic mass is 32.1. The summed E-state index contributed by atoms with van der Waals surface area (Å²) in [5.41, 5.74) is 3.01. The number of ether oxygens (including phenoxy) is 1. The molecule has 17 heavy (non-hydrogen) atoms. The van der Waals surface area contributed by atoms with Gasteiger partial charge in [0.15, 0.2) is 0 Å². The summed E-state index contributed by atoms with van der Waals surface area (Å²) in [5, 5.41) is 0.789. The summed E-state index contributed by atoms with van der Waals surface area (Å²) < 4.78 is 6.35. The number of para-hydroxylation sites is 1. The summed E-state index contributed by atoms with van der Waals surface area (Å²) >= 11 is 1.53. The zero-order valence-corrected chi connectivity index (χ0v) is 10.2. The van der Waals surface area contributed by atoms with E-state index >= 15 is 0 Å². The molecule has 5 nitrogen and oxygen atoms in total. The van der Waals surface area contributed by atoms with E-state index in [1.165, 1.54) is 11.3 Å². The number of carbonyl (C=O) groups is 1. The van der Waals surface area contributed by atoms with Gasteiger partial charge >= 0.3 is 0 Å². The number of hydrazine groups is 1. The van der Waals surface area contributed by atoms with Gasteiger partial charge in [-0.2, -0.15) is 0 Å². The predicted molar refractivity (Wildman–Crippen MR) is 66.3 cm³/mol. The Hall–Kier alpha value is -1.50. The van der Waals surface area contributed by atoms with Crippen LogP contribution in [0, 0.1) is 0 Å². The minimum absolute atomic E-state index is 0.173. The van der Waals surface area contributed by atoms with Crippen LogP contribution in [-0.4, -0.2) is 18.0 Å². The van der Waals surface area contributed by atoms with Gasteiger partial charge in [0.05, 0.1) is 16.6 Å². The number of hydrogen-bond donors (Lipinski definition) is 2. The lowest BCUT2D eigenvalue weighted by molar-refractivity contribution is -0.123. The lowest BCUT2D eigenvalue weighted by Crippen LogP contribution is -2.31. The number of rotatable bonds is 4. The number of nitrogens with two attached hydrogens (primary N) is 1. The number of benzene rings is 1. The second kappa shape index (κ2) is 5.22. The molecule has 2 rings (SSSR count). The van der Waals surface area contributed by atoms with Gasteiger partial charge in [-0.15, -0.1) is 11.3 Å². The zero-order valence-electron chi connectivity index (χ0n) is 9.34. The molecule has 0 saturated carbocycles. The molecule has 1 aromatic carbocycles. The number of aromatic nitrogens is 1. The molecule has 1 amide bonds. The normalized spacial score (nSPS) is 12.6. The van der Waals surface area contributed by atoms with Crippen LogP contribution in [0.5, 0.6) is 0 Å². The third-order valence-electron chi connectivity index (χ3n) is 2.40. The smallest absolute Gasteiger partial charge is 0.236 e. The van der Waals surface area contributed by atoms with Crippen LogP contribution in [0.3, 0.4) is 0 Å². The average Bonchev–Trinajstić information content (AvgIpc) is 2.78. The first-order chi connectivity index (χ1) is 8.24. The maximum atomic E-state index is 11.2. The molecule has 2 aromatic rings. The second-order valence-electron chi connectivity index (χ2n) is 3.52. The second-order valence-corrected chi connectivity index (χ2v) is 4.58. The number of nitrogens with zero attached hydrogens (tertiary/aromatic N) is 1. The van der Waals surface area contributed by atoms with Crippen molar-refractivity contribution >= 4 is 27.5 Å². The number of methoxy groups -OCH3 is 1.